The Morgan fingerprint density at radius 3 is 2.69 bits per heavy atom. The van der Waals surface area contributed by atoms with Gasteiger partial charge in [0.2, 0.25) is 11.7 Å². The van der Waals surface area contributed by atoms with E-state index in [0.29, 0.717) is 0 Å². The number of carbonyl (C=O) groups excluding carboxylic acids is 1. The van der Waals surface area contributed by atoms with Crippen molar-refractivity contribution < 1.29 is 18.0 Å². The molecule has 2 aromatic rings. The van der Waals surface area contributed by atoms with Crippen LogP contribution in [-0.4, -0.2) is 32.2 Å². The van der Waals surface area contributed by atoms with Crippen LogP contribution >= 0.6 is 0 Å². The molecule has 1 aliphatic carbocycles. The fourth-order valence-corrected chi connectivity index (χ4v) is 3.01. The van der Waals surface area contributed by atoms with Crippen molar-refractivity contribution in [2.24, 2.45) is 0 Å². The number of nitrogens with one attached hydrogen (secondary N) is 1. The van der Waals surface area contributed by atoms with Crippen LogP contribution in [0.25, 0.3) is 11.4 Å². The molecule has 1 amide bonds. The van der Waals surface area contributed by atoms with Crippen LogP contribution in [0.15, 0.2) is 24.3 Å². The van der Waals surface area contributed by atoms with Crippen LogP contribution in [0.5, 0.6) is 0 Å². The van der Waals surface area contributed by atoms with Crippen LogP contribution < -0.4 is 5.32 Å². The summed E-state index contributed by atoms with van der Waals surface area (Å²) in [4.78, 5) is 13.5. The molecule has 0 radical (unpaired) electrons. The van der Waals surface area contributed by atoms with E-state index >= 15 is 0 Å². The third kappa shape index (κ3) is 4.20. The minimum absolute atomic E-state index is 0.0495. The predicted octanol–water partition coefficient (Wildman–Crippen LogP) is 3.37. The molecular weight excluding hydrogens is 347 g/mol. The first-order valence-electron chi connectivity index (χ1n) is 8.62. The number of carbonyl (C=O) groups is 1. The maximum Gasteiger partial charge on any atom is 0.416 e. The molecular formula is C17H20F3N5O. The summed E-state index contributed by atoms with van der Waals surface area (Å²) in [6.45, 7) is 1.63. The zero-order chi connectivity index (χ0) is 18.7. The van der Waals surface area contributed by atoms with Crippen molar-refractivity contribution >= 4 is 5.91 Å². The standard InChI is InChI=1S/C17H20F3N5O/c1-11(16(26)21-14-8-3-2-4-9-14)25-23-15(22-24-25)12-6-5-7-13(10-12)17(18,19)20/h5-7,10-11,14H,2-4,8-9H2,1H3,(H,21,26). The minimum Gasteiger partial charge on any atom is -0.351 e. The van der Waals surface area contributed by atoms with Gasteiger partial charge in [0, 0.05) is 11.6 Å². The molecule has 26 heavy (non-hydrogen) atoms. The number of alkyl halides is 3. The molecule has 6 nitrogen and oxygen atoms in total. The second-order valence-corrected chi connectivity index (χ2v) is 6.53. The highest BCUT2D eigenvalue weighted by Crippen LogP contribution is 2.31. The number of hydrogen-bond acceptors (Lipinski definition) is 4. The number of hydrogen-bond donors (Lipinski definition) is 1. The van der Waals surface area contributed by atoms with E-state index in [4.69, 9.17) is 0 Å². The molecule has 0 saturated heterocycles. The van der Waals surface area contributed by atoms with Gasteiger partial charge in [0.25, 0.3) is 0 Å². The van der Waals surface area contributed by atoms with Crippen molar-refractivity contribution in [1.29, 1.82) is 0 Å². The van der Waals surface area contributed by atoms with Gasteiger partial charge in [-0.1, -0.05) is 31.4 Å². The summed E-state index contributed by atoms with van der Waals surface area (Å²) in [6.07, 6.45) is 0.852. The van der Waals surface area contributed by atoms with Gasteiger partial charge in [-0.25, -0.2) is 0 Å². The van der Waals surface area contributed by atoms with E-state index in [1.165, 1.54) is 18.6 Å². The molecule has 1 aromatic heterocycles. The zero-order valence-corrected chi connectivity index (χ0v) is 14.3. The van der Waals surface area contributed by atoms with Gasteiger partial charge < -0.3 is 5.32 Å². The lowest BCUT2D eigenvalue weighted by atomic mass is 9.95. The van der Waals surface area contributed by atoms with Crippen molar-refractivity contribution in [3.05, 3.63) is 29.8 Å². The predicted molar refractivity (Wildman–Crippen MR) is 88.0 cm³/mol. The Hall–Kier alpha value is -2.45. The van der Waals surface area contributed by atoms with Crippen molar-refractivity contribution in [2.45, 2.75) is 57.3 Å². The quantitative estimate of drug-likeness (QED) is 0.899. The average Bonchev–Trinajstić information content (AvgIpc) is 3.11. The van der Waals surface area contributed by atoms with Gasteiger partial charge in [0.05, 0.1) is 5.56 Å². The largest absolute Gasteiger partial charge is 0.416 e. The number of rotatable bonds is 4. The molecule has 1 fully saturated rings. The number of benzene rings is 1. The van der Waals surface area contributed by atoms with E-state index in [2.05, 4.69) is 20.7 Å². The zero-order valence-electron chi connectivity index (χ0n) is 14.3. The molecule has 0 spiro atoms. The molecule has 1 atom stereocenters. The molecule has 1 unspecified atom stereocenters. The highest BCUT2D eigenvalue weighted by atomic mass is 19.4. The summed E-state index contributed by atoms with van der Waals surface area (Å²) in [5.41, 5.74) is -0.583. The normalized spacial score (nSPS) is 17.1. The maximum absolute atomic E-state index is 12.8. The Morgan fingerprint density at radius 1 is 1.27 bits per heavy atom. The molecule has 1 heterocycles. The van der Waals surface area contributed by atoms with Crippen LogP contribution in [-0.2, 0) is 11.0 Å². The highest BCUT2D eigenvalue weighted by molar-refractivity contribution is 5.80. The number of nitrogens with zero attached hydrogens (tertiary/aromatic N) is 4. The van der Waals surface area contributed by atoms with Crippen LogP contribution in [0.1, 0.15) is 50.6 Å². The summed E-state index contributed by atoms with van der Waals surface area (Å²) < 4.78 is 38.5. The third-order valence-electron chi connectivity index (χ3n) is 4.55. The molecule has 3 rings (SSSR count). The summed E-state index contributed by atoms with van der Waals surface area (Å²) in [5, 5.41) is 14.7. The summed E-state index contributed by atoms with van der Waals surface area (Å²) in [6, 6.07) is 4.18. The fraction of sp³-hybridized carbons (Fsp3) is 0.529. The van der Waals surface area contributed by atoms with Crippen molar-refractivity contribution in [2.75, 3.05) is 0 Å². The van der Waals surface area contributed by atoms with Crippen LogP contribution in [0, 0.1) is 0 Å². The van der Waals surface area contributed by atoms with E-state index in [1.54, 1.807) is 6.92 Å². The molecule has 9 heteroatoms. The van der Waals surface area contributed by atoms with Crippen molar-refractivity contribution in [1.82, 2.24) is 25.5 Å². The molecule has 1 saturated carbocycles. The Bertz CT molecular complexity index is 768. The first kappa shape index (κ1) is 18.3. The summed E-state index contributed by atoms with van der Waals surface area (Å²) in [5.74, 6) is -0.168. The van der Waals surface area contributed by atoms with Gasteiger partial charge in [0.15, 0.2) is 0 Å². The van der Waals surface area contributed by atoms with Gasteiger partial charge in [-0.15, -0.1) is 10.2 Å². The maximum atomic E-state index is 12.8. The van der Waals surface area contributed by atoms with Crippen LogP contribution in [0.4, 0.5) is 13.2 Å². The Balaban J connectivity index is 1.71. The molecule has 140 valence electrons. The van der Waals surface area contributed by atoms with Gasteiger partial charge in [0.1, 0.15) is 6.04 Å². The smallest absolute Gasteiger partial charge is 0.351 e. The van der Waals surface area contributed by atoms with E-state index in [9.17, 15) is 18.0 Å². The summed E-state index contributed by atoms with van der Waals surface area (Å²) >= 11 is 0. The lowest BCUT2D eigenvalue weighted by Crippen LogP contribution is -2.40. The fourth-order valence-electron chi connectivity index (χ4n) is 3.01. The number of aromatic nitrogens is 4. The number of amides is 1. The molecule has 0 bridgehead atoms. The lowest BCUT2D eigenvalue weighted by Gasteiger charge is -2.24. The Kier molecular flexibility index (Phi) is 5.24. The Labute approximate surface area is 148 Å². The molecule has 1 N–H and O–H groups in total. The SMILES string of the molecule is CC(C(=O)NC1CCCCC1)n1nnc(-c2cccc(C(F)(F)F)c2)n1. The monoisotopic (exact) mass is 367 g/mol. The van der Waals surface area contributed by atoms with Gasteiger partial charge >= 0.3 is 6.18 Å². The van der Waals surface area contributed by atoms with Gasteiger partial charge in [-0.3, -0.25) is 4.79 Å². The van der Waals surface area contributed by atoms with Crippen molar-refractivity contribution in [3.8, 4) is 11.4 Å². The lowest BCUT2D eigenvalue weighted by molar-refractivity contribution is -0.137. The van der Waals surface area contributed by atoms with Crippen LogP contribution in [0.3, 0.4) is 0 Å². The Morgan fingerprint density at radius 2 is 2.00 bits per heavy atom. The molecule has 1 aromatic carbocycles. The second-order valence-electron chi connectivity index (χ2n) is 6.53. The second kappa shape index (κ2) is 7.43. The number of tetrazole rings is 1. The first-order chi connectivity index (χ1) is 12.3. The van der Waals surface area contributed by atoms with E-state index in [-0.39, 0.29) is 23.3 Å². The van der Waals surface area contributed by atoms with Gasteiger partial charge in [-0.2, -0.15) is 18.0 Å². The first-order valence-corrected chi connectivity index (χ1v) is 8.62. The molecule has 0 aliphatic heterocycles. The molecule has 1 aliphatic rings. The average molecular weight is 367 g/mol. The minimum atomic E-state index is -4.45. The van der Waals surface area contributed by atoms with Crippen molar-refractivity contribution in [3.63, 3.8) is 0 Å². The third-order valence-corrected chi connectivity index (χ3v) is 4.55. The van der Waals surface area contributed by atoms with Crippen LogP contribution in [0.2, 0.25) is 0 Å². The summed E-state index contributed by atoms with van der Waals surface area (Å²) in [7, 11) is 0. The number of halogens is 3. The van der Waals surface area contributed by atoms with E-state index < -0.39 is 17.8 Å². The van der Waals surface area contributed by atoms with E-state index in [1.807, 2.05) is 0 Å². The van der Waals surface area contributed by atoms with E-state index in [0.717, 1.165) is 42.6 Å². The highest BCUT2D eigenvalue weighted by Gasteiger charge is 2.31. The topological polar surface area (TPSA) is 72.7 Å². The van der Waals surface area contributed by atoms with Gasteiger partial charge in [-0.05, 0) is 37.1 Å².